The molecule has 0 fully saturated rings. The molecule has 0 aliphatic heterocycles. The summed E-state index contributed by atoms with van der Waals surface area (Å²) in [6.07, 6.45) is 0. The van der Waals surface area contributed by atoms with Crippen LogP contribution in [0.4, 0.5) is 20.9 Å². The van der Waals surface area contributed by atoms with Crippen molar-refractivity contribution in [2.24, 2.45) is 0 Å². The molecule has 25 heavy (non-hydrogen) atoms. The number of methoxy groups -OCH3 is 1. The van der Waals surface area contributed by atoms with Crippen molar-refractivity contribution < 1.29 is 13.9 Å². The lowest BCUT2D eigenvalue weighted by Crippen LogP contribution is -2.05. The van der Waals surface area contributed by atoms with Crippen LogP contribution in [0.3, 0.4) is 0 Å². The monoisotopic (exact) mass is 357 g/mol. The Morgan fingerprint density at radius 1 is 1.24 bits per heavy atom. The number of amides is 1. The van der Waals surface area contributed by atoms with Gasteiger partial charge in [0.2, 0.25) is 5.91 Å². The first-order valence-corrected chi connectivity index (χ1v) is 8.38. The van der Waals surface area contributed by atoms with E-state index in [-0.39, 0.29) is 5.91 Å². The average Bonchev–Trinajstić information content (AvgIpc) is 3.03. The van der Waals surface area contributed by atoms with E-state index < -0.39 is 5.82 Å². The number of rotatable bonds is 5. The number of hydrogen-bond acceptors (Lipinski definition) is 5. The van der Waals surface area contributed by atoms with Crippen molar-refractivity contribution in [2.75, 3.05) is 17.7 Å². The number of anilines is 3. The summed E-state index contributed by atoms with van der Waals surface area (Å²) in [5.74, 6) is 0.00888. The van der Waals surface area contributed by atoms with Crippen LogP contribution >= 0.6 is 11.3 Å². The van der Waals surface area contributed by atoms with E-state index in [0.717, 1.165) is 5.69 Å². The summed E-state index contributed by atoms with van der Waals surface area (Å²) in [5.41, 5.74) is 2.09. The van der Waals surface area contributed by atoms with Crippen LogP contribution in [0.25, 0.3) is 11.3 Å². The molecule has 0 aliphatic carbocycles. The zero-order valence-corrected chi connectivity index (χ0v) is 14.5. The third-order valence-corrected chi connectivity index (χ3v) is 4.18. The number of carbonyl (C=O) groups excluding carboxylic acids is 1. The summed E-state index contributed by atoms with van der Waals surface area (Å²) in [7, 11) is 1.60. The molecule has 5 nitrogen and oxygen atoms in total. The maximum atomic E-state index is 14.3. The highest BCUT2D eigenvalue weighted by Crippen LogP contribution is 2.32. The maximum Gasteiger partial charge on any atom is 0.221 e. The zero-order chi connectivity index (χ0) is 17.8. The van der Waals surface area contributed by atoms with Crippen LogP contribution in [0, 0.1) is 5.82 Å². The van der Waals surface area contributed by atoms with Gasteiger partial charge in [-0.25, -0.2) is 9.37 Å². The van der Waals surface area contributed by atoms with Gasteiger partial charge in [0.1, 0.15) is 11.6 Å². The third kappa shape index (κ3) is 3.95. The molecule has 0 spiro atoms. The van der Waals surface area contributed by atoms with Crippen LogP contribution in [-0.2, 0) is 4.79 Å². The molecule has 1 heterocycles. The van der Waals surface area contributed by atoms with E-state index in [4.69, 9.17) is 4.74 Å². The lowest BCUT2D eigenvalue weighted by molar-refractivity contribution is -0.114. The Hall–Kier alpha value is -2.93. The van der Waals surface area contributed by atoms with E-state index in [1.165, 1.54) is 24.3 Å². The van der Waals surface area contributed by atoms with Gasteiger partial charge in [-0.3, -0.25) is 4.79 Å². The molecule has 1 aromatic heterocycles. The SMILES string of the molecule is COc1ccccc1Nc1nc(-c2ccc(NC(C)=O)cc2F)cs1. The summed E-state index contributed by atoms with van der Waals surface area (Å²) < 4.78 is 19.6. The van der Waals surface area contributed by atoms with Crippen molar-refractivity contribution in [1.29, 1.82) is 0 Å². The Morgan fingerprint density at radius 3 is 2.76 bits per heavy atom. The summed E-state index contributed by atoms with van der Waals surface area (Å²) >= 11 is 1.37. The summed E-state index contributed by atoms with van der Waals surface area (Å²) in [6.45, 7) is 1.38. The highest BCUT2D eigenvalue weighted by molar-refractivity contribution is 7.14. The zero-order valence-electron chi connectivity index (χ0n) is 13.7. The molecule has 3 rings (SSSR count). The van der Waals surface area contributed by atoms with Gasteiger partial charge in [-0.15, -0.1) is 11.3 Å². The lowest BCUT2D eigenvalue weighted by Gasteiger charge is -2.08. The Labute approximate surface area is 148 Å². The number of para-hydroxylation sites is 2. The number of nitrogens with one attached hydrogen (secondary N) is 2. The second-order valence-corrected chi connectivity index (χ2v) is 6.10. The number of halogens is 1. The van der Waals surface area contributed by atoms with Gasteiger partial charge in [-0.2, -0.15) is 0 Å². The Morgan fingerprint density at radius 2 is 2.04 bits per heavy atom. The molecule has 2 N–H and O–H groups in total. The Bertz CT molecular complexity index is 911. The minimum Gasteiger partial charge on any atom is -0.495 e. The van der Waals surface area contributed by atoms with Gasteiger partial charge in [-0.05, 0) is 30.3 Å². The molecular weight excluding hydrogens is 341 g/mol. The minimum atomic E-state index is -0.444. The maximum absolute atomic E-state index is 14.3. The number of hydrogen-bond donors (Lipinski definition) is 2. The van der Waals surface area contributed by atoms with E-state index >= 15 is 0 Å². The van der Waals surface area contributed by atoms with Crippen LogP contribution in [0.5, 0.6) is 5.75 Å². The van der Waals surface area contributed by atoms with E-state index in [2.05, 4.69) is 15.6 Å². The summed E-state index contributed by atoms with van der Waals surface area (Å²) in [6, 6.07) is 12.0. The standard InChI is InChI=1S/C18H16FN3O2S/c1-11(23)20-12-7-8-13(14(19)9-12)16-10-25-18(22-16)21-15-5-3-4-6-17(15)24-2/h3-10H,1-2H3,(H,20,23)(H,21,22). The predicted molar refractivity (Wildman–Crippen MR) is 98.1 cm³/mol. The largest absolute Gasteiger partial charge is 0.495 e. The first-order chi connectivity index (χ1) is 12.1. The molecule has 0 atom stereocenters. The van der Waals surface area contributed by atoms with Crippen molar-refractivity contribution in [3.05, 3.63) is 53.7 Å². The van der Waals surface area contributed by atoms with Crippen LogP contribution in [0.15, 0.2) is 47.8 Å². The van der Waals surface area contributed by atoms with Crippen molar-refractivity contribution in [3.63, 3.8) is 0 Å². The fraction of sp³-hybridized carbons (Fsp3) is 0.111. The topological polar surface area (TPSA) is 63.2 Å². The number of thiazole rings is 1. The highest BCUT2D eigenvalue weighted by Gasteiger charge is 2.12. The summed E-state index contributed by atoms with van der Waals surface area (Å²) in [5, 5.41) is 8.13. The van der Waals surface area contributed by atoms with Crippen LogP contribution in [0.1, 0.15) is 6.92 Å². The van der Waals surface area contributed by atoms with Gasteiger partial charge < -0.3 is 15.4 Å². The van der Waals surface area contributed by atoms with Crippen LogP contribution in [-0.4, -0.2) is 18.0 Å². The number of ether oxygens (including phenoxy) is 1. The molecule has 0 saturated heterocycles. The van der Waals surface area contributed by atoms with Crippen molar-refractivity contribution in [2.45, 2.75) is 6.92 Å². The van der Waals surface area contributed by atoms with Crippen LogP contribution < -0.4 is 15.4 Å². The van der Waals surface area contributed by atoms with Gasteiger partial charge in [0.05, 0.1) is 18.5 Å². The Kier molecular flexibility index (Phi) is 4.95. The first kappa shape index (κ1) is 16.9. The Balaban J connectivity index is 1.83. The van der Waals surface area contributed by atoms with Crippen molar-refractivity contribution in [1.82, 2.24) is 4.98 Å². The van der Waals surface area contributed by atoms with Crippen molar-refractivity contribution >= 4 is 33.8 Å². The van der Waals surface area contributed by atoms with E-state index in [0.29, 0.717) is 27.8 Å². The minimum absolute atomic E-state index is 0.246. The van der Waals surface area contributed by atoms with Crippen molar-refractivity contribution in [3.8, 4) is 17.0 Å². The van der Waals surface area contributed by atoms with Gasteiger partial charge in [0, 0.05) is 23.6 Å². The molecule has 0 aliphatic rings. The molecule has 0 bridgehead atoms. The molecule has 128 valence electrons. The highest BCUT2D eigenvalue weighted by atomic mass is 32.1. The van der Waals surface area contributed by atoms with Gasteiger partial charge in [0.25, 0.3) is 0 Å². The van der Waals surface area contributed by atoms with E-state index in [1.54, 1.807) is 24.6 Å². The van der Waals surface area contributed by atoms with Gasteiger partial charge in [-0.1, -0.05) is 12.1 Å². The number of benzene rings is 2. The predicted octanol–water partition coefficient (Wildman–Crippen LogP) is 4.66. The smallest absolute Gasteiger partial charge is 0.221 e. The molecule has 1 amide bonds. The number of carbonyl (C=O) groups is 1. The lowest BCUT2D eigenvalue weighted by atomic mass is 10.1. The molecular formula is C18H16FN3O2S. The van der Waals surface area contributed by atoms with E-state index in [9.17, 15) is 9.18 Å². The normalized spacial score (nSPS) is 10.4. The second-order valence-electron chi connectivity index (χ2n) is 5.24. The fourth-order valence-electron chi connectivity index (χ4n) is 2.32. The van der Waals surface area contributed by atoms with Gasteiger partial charge >= 0.3 is 0 Å². The number of aromatic nitrogens is 1. The first-order valence-electron chi connectivity index (χ1n) is 7.50. The molecule has 7 heteroatoms. The van der Waals surface area contributed by atoms with Crippen LogP contribution in [0.2, 0.25) is 0 Å². The molecule has 0 saturated carbocycles. The molecule has 0 unspecified atom stereocenters. The molecule has 2 aromatic carbocycles. The number of nitrogens with zero attached hydrogens (tertiary/aromatic N) is 1. The van der Waals surface area contributed by atoms with Gasteiger partial charge in [0.15, 0.2) is 5.13 Å². The quantitative estimate of drug-likeness (QED) is 0.697. The molecule has 3 aromatic rings. The third-order valence-electron chi connectivity index (χ3n) is 3.42. The second kappa shape index (κ2) is 7.31. The average molecular weight is 357 g/mol. The van der Waals surface area contributed by atoms with E-state index in [1.807, 2.05) is 24.3 Å². The fourth-order valence-corrected chi connectivity index (χ4v) is 3.04. The molecule has 0 radical (unpaired) electrons. The summed E-state index contributed by atoms with van der Waals surface area (Å²) in [4.78, 5) is 15.5.